The Morgan fingerprint density at radius 3 is 2.88 bits per heavy atom. The zero-order valence-corrected chi connectivity index (χ0v) is 10.2. The SMILES string of the molecule is Cc1cc(C(=O)NCCCC(C)N)n(C)n1. The van der Waals surface area contributed by atoms with Gasteiger partial charge in [0, 0.05) is 19.6 Å². The Kier molecular flexibility index (Phi) is 4.49. The first-order valence-electron chi connectivity index (χ1n) is 5.55. The van der Waals surface area contributed by atoms with Crippen molar-refractivity contribution in [1.82, 2.24) is 15.1 Å². The lowest BCUT2D eigenvalue weighted by atomic mass is 10.2. The minimum Gasteiger partial charge on any atom is -0.351 e. The molecule has 5 heteroatoms. The lowest BCUT2D eigenvalue weighted by molar-refractivity contribution is 0.0943. The van der Waals surface area contributed by atoms with E-state index in [0.29, 0.717) is 12.2 Å². The van der Waals surface area contributed by atoms with Crippen LogP contribution in [0.25, 0.3) is 0 Å². The van der Waals surface area contributed by atoms with E-state index in [1.54, 1.807) is 17.8 Å². The Morgan fingerprint density at radius 1 is 1.69 bits per heavy atom. The predicted molar refractivity (Wildman–Crippen MR) is 63.2 cm³/mol. The van der Waals surface area contributed by atoms with Crippen molar-refractivity contribution in [2.24, 2.45) is 12.8 Å². The van der Waals surface area contributed by atoms with Gasteiger partial charge in [-0.3, -0.25) is 9.48 Å². The van der Waals surface area contributed by atoms with Gasteiger partial charge >= 0.3 is 0 Å². The fourth-order valence-electron chi connectivity index (χ4n) is 1.54. The maximum absolute atomic E-state index is 11.7. The third-order valence-electron chi connectivity index (χ3n) is 2.36. The number of amides is 1. The number of aromatic nitrogens is 2. The average molecular weight is 224 g/mol. The van der Waals surface area contributed by atoms with Gasteiger partial charge in [-0.1, -0.05) is 0 Å². The minimum absolute atomic E-state index is 0.0761. The molecule has 90 valence electrons. The monoisotopic (exact) mass is 224 g/mol. The summed E-state index contributed by atoms with van der Waals surface area (Å²) in [5.74, 6) is -0.0761. The van der Waals surface area contributed by atoms with Crippen LogP contribution in [0.3, 0.4) is 0 Å². The van der Waals surface area contributed by atoms with Crippen molar-refractivity contribution in [3.63, 3.8) is 0 Å². The van der Waals surface area contributed by atoms with E-state index >= 15 is 0 Å². The van der Waals surface area contributed by atoms with E-state index in [0.717, 1.165) is 18.5 Å². The van der Waals surface area contributed by atoms with E-state index in [4.69, 9.17) is 5.73 Å². The molecule has 0 aliphatic rings. The second kappa shape index (κ2) is 5.65. The van der Waals surface area contributed by atoms with Crippen molar-refractivity contribution in [1.29, 1.82) is 0 Å². The minimum atomic E-state index is -0.0761. The molecule has 1 amide bonds. The molecular weight excluding hydrogens is 204 g/mol. The standard InChI is InChI=1S/C11H20N4O/c1-8(12)5-4-6-13-11(16)10-7-9(2)14-15(10)3/h7-8H,4-6,12H2,1-3H3,(H,13,16). The van der Waals surface area contributed by atoms with Crippen LogP contribution in [0.1, 0.15) is 35.9 Å². The van der Waals surface area contributed by atoms with Gasteiger partial charge < -0.3 is 11.1 Å². The second-order valence-corrected chi connectivity index (χ2v) is 4.17. The van der Waals surface area contributed by atoms with Gasteiger partial charge in [-0.2, -0.15) is 5.10 Å². The normalized spacial score (nSPS) is 12.5. The summed E-state index contributed by atoms with van der Waals surface area (Å²) in [6.07, 6.45) is 1.82. The molecule has 1 heterocycles. The van der Waals surface area contributed by atoms with E-state index in [2.05, 4.69) is 10.4 Å². The van der Waals surface area contributed by atoms with Gasteiger partial charge in [-0.25, -0.2) is 0 Å². The van der Waals surface area contributed by atoms with Crippen LogP contribution in [0, 0.1) is 6.92 Å². The van der Waals surface area contributed by atoms with E-state index < -0.39 is 0 Å². The fourth-order valence-corrected chi connectivity index (χ4v) is 1.54. The van der Waals surface area contributed by atoms with Gasteiger partial charge in [-0.15, -0.1) is 0 Å². The molecular formula is C11H20N4O. The molecule has 1 atom stereocenters. The average Bonchev–Trinajstić information content (AvgIpc) is 2.52. The number of nitrogens with one attached hydrogen (secondary N) is 1. The summed E-state index contributed by atoms with van der Waals surface area (Å²) in [5.41, 5.74) is 7.07. The summed E-state index contributed by atoms with van der Waals surface area (Å²) < 4.78 is 1.59. The molecule has 1 rings (SSSR count). The number of hydrogen-bond donors (Lipinski definition) is 2. The van der Waals surface area contributed by atoms with Gasteiger partial charge in [0.05, 0.1) is 5.69 Å². The first-order chi connectivity index (χ1) is 7.50. The molecule has 1 aromatic heterocycles. The Morgan fingerprint density at radius 2 is 2.38 bits per heavy atom. The van der Waals surface area contributed by atoms with Crippen molar-refractivity contribution in [3.05, 3.63) is 17.5 Å². The van der Waals surface area contributed by atoms with Gasteiger partial charge in [0.2, 0.25) is 0 Å². The third-order valence-corrected chi connectivity index (χ3v) is 2.36. The number of hydrogen-bond acceptors (Lipinski definition) is 3. The first kappa shape index (κ1) is 12.7. The summed E-state index contributed by atoms with van der Waals surface area (Å²) in [4.78, 5) is 11.7. The number of nitrogens with zero attached hydrogens (tertiary/aromatic N) is 2. The number of carbonyl (C=O) groups excluding carboxylic acids is 1. The molecule has 0 fully saturated rings. The summed E-state index contributed by atoms with van der Waals surface area (Å²) in [6, 6.07) is 1.97. The molecule has 0 spiro atoms. The highest BCUT2D eigenvalue weighted by Gasteiger charge is 2.10. The fraction of sp³-hybridized carbons (Fsp3) is 0.636. The molecule has 0 saturated heterocycles. The van der Waals surface area contributed by atoms with Crippen LogP contribution in [0.5, 0.6) is 0 Å². The number of nitrogens with two attached hydrogens (primary N) is 1. The van der Waals surface area contributed by atoms with E-state index in [1.165, 1.54) is 0 Å². The maximum Gasteiger partial charge on any atom is 0.269 e. The van der Waals surface area contributed by atoms with Crippen molar-refractivity contribution < 1.29 is 4.79 Å². The van der Waals surface area contributed by atoms with Crippen LogP contribution in [0.15, 0.2) is 6.07 Å². The molecule has 5 nitrogen and oxygen atoms in total. The van der Waals surface area contributed by atoms with Crippen LogP contribution in [-0.4, -0.2) is 28.3 Å². The largest absolute Gasteiger partial charge is 0.351 e. The molecule has 0 aromatic carbocycles. The number of rotatable bonds is 5. The van der Waals surface area contributed by atoms with E-state index in [-0.39, 0.29) is 11.9 Å². The second-order valence-electron chi connectivity index (χ2n) is 4.17. The molecule has 3 N–H and O–H groups in total. The lowest BCUT2D eigenvalue weighted by Gasteiger charge is -2.06. The van der Waals surface area contributed by atoms with Crippen LogP contribution >= 0.6 is 0 Å². The van der Waals surface area contributed by atoms with Gasteiger partial charge in [0.1, 0.15) is 5.69 Å². The van der Waals surface area contributed by atoms with Crippen molar-refractivity contribution in [2.75, 3.05) is 6.54 Å². The first-order valence-corrected chi connectivity index (χ1v) is 5.55. The number of carbonyl (C=O) groups is 1. The number of aryl methyl sites for hydroxylation is 2. The zero-order chi connectivity index (χ0) is 12.1. The summed E-state index contributed by atoms with van der Waals surface area (Å²) in [7, 11) is 1.77. The van der Waals surface area contributed by atoms with Gasteiger partial charge in [-0.05, 0) is 32.8 Å². The van der Waals surface area contributed by atoms with Crippen LogP contribution in [0.4, 0.5) is 0 Å². The molecule has 1 aromatic rings. The molecule has 0 saturated carbocycles. The van der Waals surface area contributed by atoms with E-state index in [1.807, 2.05) is 13.8 Å². The summed E-state index contributed by atoms with van der Waals surface area (Å²) >= 11 is 0. The highest BCUT2D eigenvalue weighted by atomic mass is 16.2. The topological polar surface area (TPSA) is 72.9 Å². The van der Waals surface area contributed by atoms with Gasteiger partial charge in [0.15, 0.2) is 0 Å². The smallest absolute Gasteiger partial charge is 0.269 e. The Labute approximate surface area is 96.0 Å². The quantitative estimate of drug-likeness (QED) is 0.719. The molecule has 0 bridgehead atoms. The molecule has 0 aliphatic heterocycles. The van der Waals surface area contributed by atoms with Crippen molar-refractivity contribution in [3.8, 4) is 0 Å². The van der Waals surface area contributed by atoms with E-state index in [9.17, 15) is 4.79 Å². The van der Waals surface area contributed by atoms with Crippen LogP contribution in [0.2, 0.25) is 0 Å². The van der Waals surface area contributed by atoms with Crippen molar-refractivity contribution in [2.45, 2.75) is 32.7 Å². The summed E-state index contributed by atoms with van der Waals surface area (Å²) in [5, 5.41) is 6.98. The lowest BCUT2D eigenvalue weighted by Crippen LogP contribution is -2.27. The third kappa shape index (κ3) is 3.66. The molecule has 0 aliphatic carbocycles. The predicted octanol–water partition coefficient (Wildman–Crippen LogP) is 0.586. The molecule has 0 radical (unpaired) electrons. The van der Waals surface area contributed by atoms with Crippen LogP contribution < -0.4 is 11.1 Å². The Balaban J connectivity index is 2.38. The molecule has 16 heavy (non-hydrogen) atoms. The summed E-state index contributed by atoms with van der Waals surface area (Å²) in [6.45, 7) is 4.49. The molecule has 1 unspecified atom stereocenters. The van der Waals surface area contributed by atoms with Gasteiger partial charge in [0.25, 0.3) is 5.91 Å². The Bertz CT molecular complexity index is 357. The van der Waals surface area contributed by atoms with Crippen molar-refractivity contribution >= 4 is 5.91 Å². The Hall–Kier alpha value is -1.36. The maximum atomic E-state index is 11.7. The zero-order valence-electron chi connectivity index (χ0n) is 10.2. The highest BCUT2D eigenvalue weighted by molar-refractivity contribution is 5.92. The van der Waals surface area contributed by atoms with Crippen LogP contribution in [-0.2, 0) is 7.05 Å². The highest BCUT2D eigenvalue weighted by Crippen LogP contribution is 2.01.